The molecule has 0 bridgehead atoms. The van der Waals surface area contributed by atoms with E-state index in [1.54, 1.807) is 0 Å². The largest absolute Gasteiger partial charge is 0.494 e. The van der Waals surface area contributed by atoms with Crippen molar-refractivity contribution in [3.63, 3.8) is 0 Å². The molecule has 1 aromatic heterocycles. The molecule has 0 aliphatic rings. The van der Waals surface area contributed by atoms with E-state index in [9.17, 15) is 0 Å². The van der Waals surface area contributed by atoms with Gasteiger partial charge in [-0.1, -0.05) is 19.1 Å². The molecular formula is C17H22BrNOS. The van der Waals surface area contributed by atoms with E-state index in [1.165, 1.54) is 14.2 Å². The van der Waals surface area contributed by atoms with Crippen LogP contribution >= 0.6 is 27.3 Å². The van der Waals surface area contributed by atoms with Gasteiger partial charge in [0.25, 0.3) is 0 Å². The van der Waals surface area contributed by atoms with Crippen molar-refractivity contribution in [3.05, 3.63) is 50.6 Å². The molecule has 0 spiro atoms. The first-order chi connectivity index (χ1) is 10.2. The van der Waals surface area contributed by atoms with E-state index in [0.717, 1.165) is 31.7 Å². The van der Waals surface area contributed by atoms with Gasteiger partial charge in [0.15, 0.2) is 0 Å². The summed E-state index contributed by atoms with van der Waals surface area (Å²) in [7, 11) is 0. The summed E-state index contributed by atoms with van der Waals surface area (Å²) in [5.41, 5.74) is 1.24. The zero-order chi connectivity index (χ0) is 15.1. The quantitative estimate of drug-likeness (QED) is 0.722. The molecule has 1 atom stereocenters. The molecule has 0 saturated carbocycles. The number of thiophene rings is 1. The van der Waals surface area contributed by atoms with Crippen LogP contribution in [0.15, 0.2) is 40.2 Å². The van der Waals surface area contributed by atoms with E-state index >= 15 is 0 Å². The second-order valence-electron chi connectivity index (χ2n) is 5.12. The maximum atomic E-state index is 5.86. The molecule has 0 fully saturated rings. The van der Waals surface area contributed by atoms with Gasteiger partial charge in [0.2, 0.25) is 0 Å². The second kappa shape index (κ2) is 8.57. The van der Waals surface area contributed by atoms with E-state index in [-0.39, 0.29) is 0 Å². The number of ether oxygens (including phenoxy) is 1. The molecule has 21 heavy (non-hydrogen) atoms. The SMILES string of the molecule is CCNC(CCOc1cccc(C)c1)Cc1ccc(Br)s1. The van der Waals surface area contributed by atoms with Crippen molar-refractivity contribution in [2.24, 2.45) is 0 Å². The number of hydrogen-bond acceptors (Lipinski definition) is 3. The molecule has 4 heteroatoms. The van der Waals surface area contributed by atoms with Gasteiger partial charge in [-0.15, -0.1) is 11.3 Å². The molecule has 1 heterocycles. The van der Waals surface area contributed by atoms with Gasteiger partial charge in [0, 0.05) is 10.9 Å². The van der Waals surface area contributed by atoms with Crippen LogP contribution in [0.4, 0.5) is 0 Å². The number of halogens is 1. The molecule has 0 amide bonds. The first-order valence-corrected chi connectivity index (χ1v) is 8.95. The number of nitrogens with one attached hydrogen (secondary N) is 1. The maximum absolute atomic E-state index is 5.86. The normalized spacial score (nSPS) is 12.3. The van der Waals surface area contributed by atoms with Gasteiger partial charge in [-0.3, -0.25) is 0 Å². The monoisotopic (exact) mass is 367 g/mol. The molecule has 0 aliphatic heterocycles. The lowest BCUT2D eigenvalue weighted by Gasteiger charge is -2.17. The van der Waals surface area contributed by atoms with Crippen molar-refractivity contribution in [2.45, 2.75) is 32.7 Å². The summed E-state index contributed by atoms with van der Waals surface area (Å²) in [5, 5.41) is 3.55. The topological polar surface area (TPSA) is 21.3 Å². The minimum absolute atomic E-state index is 0.463. The van der Waals surface area contributed by atoms with Crippen molar-refractivity contribution in [1.29, 1.82) is 0 Å². The van der Waals surface area contributed by atoms with Gasteiger partial charge in [0.1, 0.15) is 5.75 Å². The predicted molar refractivity (Wildman–Crippen MR) is 94.5 cm³/mol. The lowest BCUT2D eigenvalue weighted by Crippen LogP contribution is -2.32. The first-order valence-electron chi connectivity index (χ1n) is 7.34. The summed E-state index contributed by atoms with van der Waals surface area (Å²) in [6, 6.07) is 13.0. The highest BCUT2D eigenvalue weighted by Crippen LogP contribution is 2.23. The average molecular weight is 368 g/mol. The Morgan fingerprint density at radius 3 is 2.81 bits per heavy atom. The number of aryl methyl sites for hydroxylation is 1. The summed E-state index contributed by atoms with van der Waals surface area (Å²) in [6.07, 6.45) is 2.07. The van der Waals surface area contributed by atoms with Gasteiger partial charge in [-0.2, -0.15) is 0 Å². The van der Waals surface area contributed by atoms with Gasteiger partial charge < -0.3 is 10.1 Å². The van der Waals surface area contributed by atoms with Crippen molar-refractivity contribution in [1.82, 2.24) is 5.32 Å². The molecule has 1 N–H and O–H groups in total. The fraction of sp³-hybridized carbons (Fsp3) is 0.412. The molecule has 114 valence electrons. The van der Waals surface area contributed by atoms with Crippen molar-refractivity contribution in [2.75, 3.05) is 13.2 Å². The molecular weight excluding hydrogens is 346 g/mol. The Kier molecular flexibility index (Phi) is 6.74. The van der Waals surface area contributed by atoms with Crippen molar-refractivity contribution >= 4 is 27.3 Å². The Morgan fingerprint density at radius 2 is 2.14 bits per heavy atom. The lowest BCUT2D eigenvalue weighted by molar-refractivity contribution is 0.286. The average Bonchev–Trinajstić information content (AvgIpc) is 2.84. The van der Waals surface area contributed by atoms with Crippen LogP contribution in [-0.2, 0) is 6.42 Å². The third-order valence-corrected chi connectivity index (χ3v) is 4.94. The van der Waals surface area contributed by atoms with Crippen LogP contribution in [0.5, 0.6) is 5.75 Å². The highest BCUT2D eigenvalue weighted by molar-refractivity contribution is 9.11. The van der Waals surface area contributed by atoms with Gasteiger partial charge >= 0.3 is 0 Å². The van der Waals surface area contributed by atoms with Crippen LogP contribution in [0.1, 0.15) is 23.8 Å². The zero-order valence-electron chi connectivity index (χ0n) is 12.6. The van der Waals surface area contributed by atoms with Crippen molar-refractivity contribution < 1.29 is 4.74 Å². The summed E-state index contributed by atoms with van der Waals surface area (Å²) in [6.45, 7) is 5.97. The standard InChI is InChI=1S/C17H22BrNOS/c1-3-19-14(12-16-7-8-17(18)21-16)9-10-20-15-6-4-5-13(2)11-15/h4-8,11,14,19H,3,9-10,12H2,1-2H3. The number of rotatable bonds is 8. The minimum atomic E-state index is 0.463. The molecule has 0 aliphatic carbocycles. The van der Waals surface area contributed by atoms with Crippen LogP contribution in [0.25, 0.3) is 0 Å². The van der Waals surface area contributed by atoms with Crippen LogP contribution in [0.3, 0.4) is 0 Å². The third kappa shape index (κ3) is 5.81. The Bertz CT molecular complexity index is 555. The predicted octanol–water partition coefficient (Wildman–Crippen LogP) is 4.81. The summed E-state index contributed by atoms with van der Waals surface area (Å²) in [5.74, 6) is 0.962. The fourth-order valence-electron chi connectivity index (χ4n) is 2.29. The van der Waals surface area contributed by atoms with Crippen molar-refractivity contribution in [3.8, 4) is 5.75 Å². The number of benzene rings is 1. The lowest BCUT2D eigenvalue weighted by atomic mass is 10.1. The Labute approximate surface area is 139 Å². The van der Waals surface area contributed by atoms with E-state index in [2.05, 4.69) is 59.4 Å². The highest BCUT2D eigenvalue weighted by Gasteiger charge is 2.10. The Hall–Kier alpha value is -0.840. The summed E-state index contributed by atoms with van der Waals surface area (Å²) in [4.78, 5) is 1.41. The van der Waals surface area contributed by atoms with Gasteiger partial charge in [-0.05, 0) is 72.1 Å². The smallest absolute Gasteiger partial charge is 0.119 e. The third-order valence-electron chi connectivity index (χ3n) is 3.29. The Morgan fingerprint density at radius 1 is 1.29 bits per heavy atom. The molecule has 1 unspecified atom stereocenters. The fourth-order valence-corrected chi connectivity index (χ4v) is 3.86. The van der Waals surface area contributed by atoms with E-state index in [0.29, 0.717) is 6.04 Å². The molecule has 0 saturated heterocycles. The van der Waals surface area contributed by atoms with Gasteiger partial charge in [0.05, 0.1) is 10.4 Å². The number of likely N-dealkylation sites (N-methyl/N-ethyl adjacent to an activating group) is 1. The van der Waals surface area contributed by atoms with E-state index in [4.69, 9.17) is 4.74 Å². The molecule has 2 aromatic rings. The van der Waals surface area contributed by atoms with Crippen LogP contribution in [0, 0.1) is 6.92 Å². The van der Waals surface area contributed by atoms with E-state index < -0.39 is 0 Å². The molecule has 2 nitrogen and oxygen atoms in total. The highest BCUT2D eigenvalue weighted by atomic mass is 79.9. The molecule has 2 rings (SSSR count). The van der Waals surface area contributed by atoms with Crippen LogP contribution in [-0.4, -0.2) is 19.2 Å². The van der Waals surface area contributed by atoms with Crippen LogP contribution < -0.4 is 10.1 Å². The minimum Gasteiger partial charge on any atom is -0.494 e. The second-order valence-corrected chi connectivity index (χ2v) is 7.67. The maximum Gasteiger partial charge on any atom is 0.119 e. The zero-order valence-corrected chi connectivity index (χ0v) is 15.0. The Balaban J connectivity index is 1.82. The molecule has 1 aromatic carbocycles. The first kappa shape index (κ1) is 16.5. The van der Waals surface area contributed by atoms with Crippen LogP contribution in [0.2, 0.25) is 0 Å². The van der Waals surface area contributed by atoms with Gasteiger partial charge in [-0.25, -0.2) is 0 Å². The summed E-state index contributed by atoms with van der Waals surface area (Å²) >= 11 is 5.33. The number of hydrogen-bond donors (Lipinski definition) is 1. The summed E-state index contributed by atoms with van der Waals surface area (Å²) < 4.78 is 7.06. The molecule has 0 radical (unpaired) electrons. The van der Waals surface area contributed by atoms with E-state index in [1.807, 2.05) is 23.5 Å².